The number of halogens is 2. The number of hydrogen-bond donors (Lipinski definition) is 1. The Morgan fingerprint density at radius 2 is 1.74 bits per heavy atom. The quantitative estimate of drug-likeness (QED) is 0.300. The minimum atomic E-state index is -0.856. The van der Waals surface area contributed by atoms with Crippen LogP contribution in [0.5, 0.6) is 0 Å². The lowest BCUT2D eigenvalue weighted by Gasteiger charge is -2.08. The SMILES string of the molecule is C=CCc1ccc(-c2ccc(-c3ccc(C=CCCCC(C)O)c(F)c3F)cc2)nc1. The van der Waals surface area contributed by atoms with Gasteiger partial charge in [-0.2, -0.15) is 0 Å². The standard InChI is InChI=1S/C27H27F2NO/c1-3-7-20-10-17-25(30-18-20)22-13-11-21(12-14-22)24-16-15-23(26(28)27(24)29)9-6-4-5-8-19(2)31/h3,6,9-19,31H,1,4-5,7-8H2,2H3. The molecule has 0 bridgehead atoms. The van der Waals surface area contributed by atoms with Crippen molar-refractivity contribution in [1.82, 2.24) is 4.98 Å². The summed E-state index contributed by atoms with van der Waals surface area (Å²) in [6.07, 6.45) is 9.66. The summed E-state index contributed by atoms with van der Waals surface area (Å²) in [6, 6.07) is 14.4. The van der Waals surface area contributed by atoms with Crippen LogP contribution in [0.25, 0.3) is 28.5 Å². The van der Waals surface area contributed by atoms with E-state index in [1.165, 1.54) is 0 Å². The Kier molecular flexibility index (Phi) is 7.85. The summed E-state index contributed by atoms with van der Waals surface area (Å²) < 4.78 is 29.3. The Bertz CT molecular complexity index is 1040. The highest BCUT2D eigenvalue weighted by atomic mass is 19.2. The predicted molar refractivity (Wildman–Crippen MR) is 123 cm³/mol. The van der Waals surface area contributed by atoms with Crippen LogP contribution in [0.15, 0.2) is 73.5 Å². The number of hydrogen-bond acceptors (Lipinski definition) is 2. The van der Waals surface area contributed by atoms with Gasteiger partial charge >= 0.3 is 0 Å². The summed E-state index contributed by atoms with van der Waals surface area (Å²) in [7, 11) is 0. The molecule has 3 rings (SSSR count). The second kappa shape index (κ2) is 10.8. The van der Waals surface area contributed by atoms with E-state index in [0.717, 1.165) is 29.7 Å². The van der Waals surface area contributed by atoms with Crippen molar-refractivity contribution in [2.24, 2.45) is 0 Å². The predicted octanol–water partition coefficient (Wildman–Crippen LogP) is 6.99. The zero-order valence-corrected chi connectivity index (χ0v) is 17.7. The summed E-state index contributed by atoms with van der Waals surface area (Å²) in [5.74, 6) is -1.71. The van der Waals surface area contributed by atoms with Crippen molar-refractivity contribution in [3.8, 4) is 22.4 Å². The van der Waals surface area contributed by atoms with E-state index >= 15 is 0 Å². The molecule has 1 aromatic heterocycles. The van der Waals surface area contributed by atoms with Crippen LogP contribution in [-0.4, -0.2) is 16.2 Å². The molecule has 0 aliphatic rings. The highest BCUT2D eigenvalue weighted by Gasteiger charge is 2.13. The Morgan fingerprint density at radius 3 is 2.39 bits per heavy atom. The van der Waals surface area contributed by atoms with Crippen LogP contribution in [0.1, 0.15) is 37.3 Å². The molecule has 4 heteroatoms. The number of nitrogens with zero attached hydrogens (tertiary/aromatic N) is 1. The number of aliphatic hydroxyl groups is 1. The van der Waals surface area contributed by atoms with Crippen molar-refractivity contribution in [1.29, 1.82) is 0 Å². The maximum atomic E-state index is 14.7. The molecule has 0 radical (unpaired) electrons. The molecule has 0 saturated heterocycles. The Hall–Kier alpha value is -3.11. The fraction of sp³-hybridized carbons (Fsp3) is 0.222. The number of allylic oxidation sites excluding steroid dienone is 2. The Balaban J connectivity index is 1.74. The van der Waals surface area contributed by atoms with Gasteiger partial charge in [-0.05, 0) is 49.8 Å². The van der Waals surface area contributed by atoms with Crippen LogP contribution in [0.2, 0.25) is 0 Å². The summed E-state index contributed by atoms with van der Waals surface area (Å²) >= 11 is 0. The van der Waals surface area contributed by atoms with E-state index in [2.05, 4.69) is 11.6 Å². The lowest BCUT2D eigenvalue weighted by molar-refractivity contribution is 0.182. The van der Waals surface area contributed by atoms with Crippen molar-refractivity contribution >= 4 is 6.08 Å². The Labute approximate surface area is 182 Å². The number of benzene rings is 2. The van der Waals surface area contributed by atoms with Crippen molar-refractivity contribution in [2.75, 3.05) is 0 Å². The first-order valence-corrected chi connectivity index (χ1v) is 10.5. The van der Waals surface area contributed by atoms with E-state index in [4.69, 9.17) is 0 Å². The van der Waals surface area contributed by atoms with Crippen LogP contribution in [0.3, 0.4) is 0 Å². The van der Waals surface area contributed by atoms with Crippen molar-refractivity contribution < 1.29 is 13.9 Å². The fourth-order valence-corrected chi connectivity index (χ4v) is 3.36. The summed E-state index contributed by atoms with van der Waals surface area (Å²) in [6.45, 7) is 5.46. The molecule has 1 N–H and O–H groups in total. The van der Waals surface area contributed by atoms with Crippen molar-refractivity contribution in [2.45, 2.75) is 38.7 Å². The van der Waals surface area contributed by atoms with Gasteiger partial charge in [0.05, 0.1) is 11.8 Å². The third kappa shape index (κ3) is 5.96. The lowest BCUT2D eigenvalue weighted by atomic mass is 10.00. The van der Waals surface area contributed by atoms with Gasteiger partial charge in [0, 0.05) is 22.9 Å². The first-order chi connectivity index (χ1) is 15.0. The van der Waals surface area contributed by atoms with Crippen LogP contribution in [0.4, 0.5) is 8.78 Å². The van der Waals surface area contributed by atoms with Gasteiger partial charge in [-0.15, -0.1) is 6.58 Å². The highest BCUT2D eigenvalue weighted by Crippen LogP contribution is 2.29. The topological polar surface area (TPSA) is 33.1 Å². The minimum Gasteiger partial charge on any atom is -0.393 e. The average molecular weight is 420 g/mol. The molecule has 0 amide bonds. The van der Waals surface area contributed by atoms with Gasteiger partial charge in [0.15, 0.2) is 11.6 Å². The third-order valence-electron chi connectivity index (χ3n) is 5.10. The fourth-order valence-electron chi connectivity index (χ4n) is 3.36. The normalized spacial score (nSPS) is 12.3. The summed E-state index contributed by atoms with van der Waals surface area (Å²) in [5, 5.41) is 9.26. The molecule has 0 saturated carbocycles. The second-order valence-electron chi connectivity index (χ2n) is 7.63. The number of rotatable bonds is 9. The maximum absolute atomic E-state index is 14.7. The smallest absolute Gasteiger partial charge is 0.167 e. The average Bonchev–Trinajstić information content (AvgIpc) is 2.77. The molecule has 31 heavy (non-hydrogen) atoms. The van der Waals surface area contributed by atoms with Crippen molar-refractivity contribution in [3.63, 3.8) is 0 Å². The molecule has 0 fully saturated rings. The van der Waals surface area contributed by atoms with Gasteiger partial charge in [-0.1, -0.05) is 60.7 Å². The molecule has 3 aromatic rings. The lowest BCUT2D eigenvalue weighted by Crippen LogP contribution is -1.97. The molecule has 1 atom stereocenters. The number of aromatic nitrogens is 1. The third-order valence-corrected chi connectivity index (χ3v) is 5.10. The molecular formula is C27H27F2NO. The molecule has 0 aliphatic heterocycles. The van der Waals surface area contributed by atoms with Gasteiger partial charge in [-0.25, -0.2) is 8.78 Å². The number of pyridine rings is 1. The van der Waals surface area contributed by atoms with Crippen LogP contribution < -0.4 is 0 Å². The van der Waals surface area contributed by atoms with Crippen molar-refractivity contribution in [3.05, 3.63) is 96.2 Å². The van der Waals surface area contributed by atoms with E-state index in [9.17, 15) is 13.9 Å². The van der Waals surface area contributed by atoms with Gasteiger partial charge in [0.2, 0.25) is 0 Å². The van der Waals surface area contributed by atoms with Gasteiger partial charge in [-0.3, -0.25) is 4.98 Å². The summed E-state index contributed by atoms with van der Waals surface area (Å²) in [4.78, 5) is 4.46. The first kappa shape index (κ1) is 22.6. The molecule has 0 aliphatic carbocycles. The molecular weight excluding hydrogens is 392 g/mol. The molecule has 0 spiro atoms. The molecule has 1 heterocycles. The number of unbranched alkanes of at least 4 members (excludes halogenated alkanes) is 1. The largest absolute Gasteiger partial charge is 0.393 e. The molecule has 1 unspecified atom stereocenters. The van der Waals surface area contributed by atoms with Gasteiger partial charge in [0.25, 0.3) is 0 Å². The second-order valence-corrected chi connectivity index (χ2v) is 7.63. The maximum Gasteiger partial charge on any atom is 0.167 e. The van der Waals surface area contributed by atoms with E-state index in [1.54, 1.807) is 37.3 Å². The van der Waals surface area contributed by atoms with E-state index in [0.29, 0.717) is 18.4 Å². The zero-order valence-electron chi connectivity index (χ0n) is 17.7. The molecule has 2 aromatic carbocycles. The van der Waals surface area contributed by atoms with E-state index in [-0.39, 0.29) is 17.2 Å². The first-order valence-electron chi connectivity index (χ1n) is 10.5. The number of aliphatic hydroxyl groups excluding tert-OH is 1. The van der Waals surface area contributed by atoms with Gasteiger partial charge in [0.1, 0.15) is 0 Å². The Morgan fingerprint density at radius 1 is 1.00 bits per heavy atom. The molecule has 2 nitrogen and oxygen atoms in total. The monoisotopic (exact) mass is 419 g/mol. The minimum absolute atomic E-state index is 0.221. The van der Waals surface area contributed by atoms with E-state index < -0.39 is 11.6 Å². The molecule has 160 valence electrons. The van der Waals surface area contributed by atoms with Crippen LogP contribution in [-0.2, 0) is 6.42 Å². The van der Waals surface area contributed by atoms with Gasteiger partial charge < -0.3 is 5.11 Å². The highest BCUT2D eigenvalue weighted by molar-refractivity contribution is 5.70. The summed E-state index contributed by atoms with van der Waals surface area (Å²) in [5.41, 5.74) is 3.87. The van der Waals surface area contributed by atoms with E-state index in [1.807, 2.05) is 42.6 Å². The zero-order chi connectivity index (χ0) is 22.2. The van der Waals surface area contributed by atoms with Crippen LogP contribution >= 0.6 is 0 Å². The van der Waals surface area contributed by atoms with Crippen LogP contribution in [0, 0.1) is 11.6 Å².